The molecule has 0 atom stereocenters. The predicted molar refractivity (Wildman–Crippen MR) is 92.5 cm³/mol. The minimum absolute atomic E-state index is 0.120. The van der Waals surface area contributed by atoms with Crippen LogP contribution in [0.4, 0.5) is 11.5 Å². The number of pyridine rings is 1. The molecule has 2 aromatic rings. The van der Waals surface area contributed by atoms with Crippen molar-refractivity contribution in [2.75, 3.05) is 19.0 Å². The van der Waals surface area contributed by atoms with E-state index in [-0.39, 0.29) is 11.9 Å². The zero-order chi connectivity index (χ0) is 17.4. The summed E-state index contributed by atoms with van der Waals surface area (Å²) in [6.45, 7) is 2.74. The van der Waals surface area contributed by atoms with Gasteiger partial charge in [-0.15, -0.1) is 0 Å². The fraction of sp³-hybridized carbons (Fsp3) is 0.278. The van der Waals surface area contributed by atoms with E-state index in [1.165, 1.54) is 13.3 Å². The third kappa shape index (κ3) is 4.81. The molecule has 6 nitrogen and oxygen atoms in total. The summed E-state index contributed by atoms with van der Waals surface area (Å²) in [6.07, 6.45) is 3.53. The number of carbonyl (C=O) groups is 2. The van der Waals surface area contributed by atoms with Crippen LogP contribution in [0.2, 0.25) is 0 Å². The number of rotatable bonds is 7. The predicted octanol–water partition coefficient (Wildman–Crippen LogP) is 3.14. The fourth-order valence-corrected chi connectivity index (χ4v) is 2.04. The van der Waals surface area contributed by atoms with Crippen molar-refractivity contribution in [2.24, 2.45) is 0 Å². The summed E-state index contributed by atoms with van der Waals surface area (Å²) in [7, 11) is 1.35. The number of anilines is 2. The van der Waals surface area contributed by atoms with Crippen LogP contribution in [0.3, 0.4) is 0 Å². The van der Waals surface area contributed by atoms with Gasteiger partial charge in [0.25, 0.3) is 5.91 Å². The zero-order valence-corrected chi connectivity index (χ0v) is 13.8. The van der Waals surface area contributed by atoms with Gasteiger partial charge in [-0.05, 0) is 42.8 Å². The number of hydrogen-bond acceptors (Lipinski definition) is 5. The number of nitrogens with zero attached hydrogens (tertiary/aromatic N) is 1. The number of ether oxygens (including phenoxy) is 1. The van der Waals surface area contributed by atoms with Gasteiger partial charge >= 0.3 is 5.97 Å². The average molecular weight is 327 g/mol. The zero-order valence-electron chi connectivity index (χ0n) is 13.8. The van der Waals surface area contributed by atoms with Crippen molar-refractivity contribution in [1.29, 1.82) is 0 Å². The van der Waals surface area contributed by atoms with Crippen LogP contribution in [-0.4, -0.2) is 30.5 Å². The number of benzene rings is 1. The average Bonchev–Trinajstić information content (AvgIpc) is 2.62. The SMILES string of the molecule is CCCCNC(=O)c1ccc(Nc2ccc(C(=O)OC)cc2)nc1. The van der Waals surface area contributed by atoms with E-state index in [2.05, 4.69) is 27.3 Å². The highest BCUT2D eigenvalue weighted by Gasteiger charge is 2.07. The third-order valence-electron chi connectivity index (χ3n) is 3.42. The summed E-state index contributed by atoms with van der Waals surface area (Å²) in [5.41, 5.74) is 1.79. The molecule has 0 saturated heterocycles. The molecule has 24 heavy (non-hydrogen) atoms. The first-order valence-electron chi connectivity index (χ1n) is 7.83. The summed E-state index contributed by atoms with van der Waals surface area (Å²) in [5.74, 6) is 0.119. The molecule has 0 aliphatic heterocycles. The standard InChI is InChI=1S/C18H21N3O3/c1-3-4-11-19-17(22)14-7-10-16(20-12-14)21-15-8-5-13(6-9-15)18(23)24-2/h5-10,12H,3-4,11H2,1-2H3,(H,19,22)(H,20,21). The summed E-state index contributed by atoms with van der Waals surface area (Å²) in [6, 6.07) is 10.3. The number of carbonyl (C=O) groups excluding carboxylic acids is 2. The molecule has 2 rings (SSSR count). The number of amides is 1. The molecule has 0 fully saturated rings. The topological polar surface area (TPSA) is 80.3 Å². The number of hydrogen-bond donors (Lipinski definition) is 2. The van der Waals surface area contributed by atoms with Crippen LogP contribution in [0.25, 0.3) is 0 Å². The molecule has 126 valence electrons. The third-order valence-corrected chi connectivity index (χ3v) is 3.42. The van der Waals surface area contributed by atoms with E-state index in [0.29, 0.717) is 23.5 Å². The van der Waals surface area contributed by atoms with E-state index in [1.807, 2.05) is 0 Å². The lowest BCUT2D eigenvalue weighted by Gasteiger charge is -2.08. The molecule has 1 aromatic heterocycles. The first-order valence-corrected chi connectivity index (χ1v) is 7.83. The molecule has 2 N–H and O–H groups in total. The Morgan fingerprint density at radius 2 is 1.79 bits per heavy atom. The van der Waals surface area contributed by atoms with Crippen molar-refractivity contribution in [3.8, 4) is 0 Å². The van der Waals surface area contributed by atoms with E-state index < -0.39 is 0 Å². The van der Waals surface area contributed by atoms with Gasteiger partial charge in [0.1, 0.15) is 5.82 Å². The van der Waals surface area contributed by atoms with Crippen molar-refractivity contribution < 1.29 is 14.3 Å². The Bertz CT molecular complexity index is 682. The van der Waals surface area contributed by atoms with E-state index in [4.69, 9.17) is 0 Å². The van der Waals surface area contributed by atoms with Crippen LogP contribution in [0.5, 0.6) is 0 Å². The highest BCUT2D eigenvalue weighted by Crippen LogP contribution is 2.16. The van der Waals surface area contributed by atoms with Crippen molar-refractivity contribution in [3.63, 3.8) is 0 Å². The highest BCUT2D eigenvalue weighted by molar-refractivity contribution is 5.94. The van der Waals surface area contributed by atoms with Crippen molar-refractivity contribution in [3.05, 3.63) is 53.7 Å². The number of methoxy groups -OCH3 is 1. The van der Waals surface area contributed by atoms with Gasteiger partial charge in [-0.25, -0.2) is 9.78 Å². The maximum Gasteiger partial charge on any atom is 0.337 e. The molecule has 0 radical (unpaired) electrons. The Morgan fingerprint density at radius 1 is 1.08 bits per heavy atom. The largest absolute Gasteiger partial charge is 0.465 e. The Morgan fingerprint density at radius 3 is 2.38 bits per heavy atom. The lowest BCUT2D eigenvalue weighted by Crippen LogP contribution is -2.24. The van der Waals surface area contributed by atoms with Gasteiger partial charge in [-0.3, -0.25) is 4.79 Å². The molecular formula is C18H21N3O3. The van der Waals surface area contributed by atoms with E-state index in [9.17, 15) is 9.59 Å². The van der Waals surface area contributed by atoms with E-state index in [1.54, 1.807) is 36.4 Å². The minimum atomic E-state index is -0.377. The monoisotopic (exact) mass is 327 g/mol. The molecule has 0 aliphatic carbocycles. The van der Waals surface area contributed by atoms with Crippen LogP contribution in [0, 0.1) is 0 Å². The summed E-state index contributed by atoms with van der Waals surface area (Å²) >= 11 is 0. The number of esters is 1. The highest BCUT2D eigenvalue weighted by atomic mass is 16.5. The summed E-state index contributed by atoms with van der Waals surface area (Å²) in [5, 5.41) is 5.96. The van der Waals surface area contributed by atoms with Gasteiger partial charge < -0.3 is 15.4 Å². The van der Waals surface area contributed by atoms with Gasteiger partial charge in [0.05, 0.1) is 18.2 Å². The lowest BCUT2D eigenvalue weighted by atomic mass is 10.2. The first kappa shape index (κ1) is 17.5. The molecule has 1 aromatic carbocycles. The lowest BCUT2D eigenvalue weighted by molar-refractivity contribution is 0.0600. The van der Waals surface area contributed by atoms with Crippen molar-refractivity contribution in [2.45, 2.75) is 19.8 Å². The number of unbranched alkanes of at least 4 members (excludes halogenated alkanes) is 1. The van der Waals surface area contributed by atoms with Gasteiger partial charge in [-0.2, -0.15) is 0 Å². The number of nitrogens with one attached hydrogen (secondary N) is 2. The quantitative estimate of drug-likeness (QED) is 0.603. The normalized spacial score (nSPS) is 10.1. The van der Waals surface area contributed by atoms with E-state index in [0.717, 1.165) is 18.5 Å². The van der Waals surface area contributed by atoms with E-state index >= 15 is 0 Å². The van der Waals surface area contributed by atoms with Gasteiger partial charge in [0.2, 0.25) is 0 Å². The van der Waals surface area contributed by atoms with Gasteiger partial charge in [0, 0.05) is 18.4 Å². The van der Waals surface area contributed by atoms with Crippen LogP contribution in [0.15, 0.2) is 42.6 Å². The second-order valence-corrected chi connectivity index (χ2v) is 5.24. The van der Waals surface area contributed by atoms with Crippen LogP contribution >= 0.6 is 0 Å². The van der Waals surface area contributed by atoms with Crippen molar-refractivity contribution in [1.82, 2.24) is 10.3 Å². The summed E-state index contributed by atoms with van der Waals surface area (Å²) < 4.78 is 4.66. The van der Waals surface area contributed by atoms with Crippen LogP contribution < -0.4 is 10.6 Å². The van der Waals surface area contributed by atoms with Gasteiger partial charge in [0.15, 0.2) is 0 Å². The van der Waals surface area contributed by atoms with Gasteiger partial charge in [-0.1, -0.05) is 13.3 Å². The Balaban J connectivity index is 1.96. The molecule has 0 spiro atoms. The number of aromatic nitrogens is 1. The molecule has 0 aliphatic rings. The first-order chi connectivity index (χ1) is 11.6. The van der Waals surface area contributed by atoms with Crippen LogP contribution in [-0.2, 0) is 4.74 Å². The van der Waals surface area contributed by atoms with Crippen molar-refractivity contribution >= 4 is 23.4 Å². The molecule has 1 heterocycles. The second-order valence-electron chi connectivity index (χ2n) is 5.24. The molecule has 0 unspecified atom stereocenters. The maximum atomic E-state index is 11.9. The molecule has 0 saturated carbocycles. The molecule has 0 bridgehead atoms. The minimum Gasteiger partial charge on any atom is -0.465 e. The van der Waals surface area contributed by atoms with Crippen LogP contribution in [0.1, 0.15) is 40.5 Å². The Hall–Kier alpha value is -2.89. The fourth-order valence-electron chi connectivity index (χ4n) is 2.04. The Kier molecular flexibility index (Phi) is 6.31. The second kappa shape index (κ2) is 8.67. The molecule has 1 amide bonds. The smallest absolute Gasteiger partial charge is 0.337 e. The Labute approximate surface area is 141 Å². The maximum absolute atomic E-state index is 11.9. The molecular weight excluding hydrogens is 306 g/mol. The summed E-state index contributed by atoms with van der Waals surface area (Å²) in [4.78, 5) is 27.5. The molecule has 6 heteroatoms.